The van der Waals surface area contributed by atoms with Gasteiger partial charge in [0.2, 0.25) is 0 Å². The number of rotatable bonds is 10. The molecule has 1 saturated heterocycles. The molecule has 2 aromatic rings. The first-order chi connectivity index (χ1) is 13.8. The molecule has 28 heavy (non-hydrogen) atoms. The summed E-state index contributed by atoms with van der Waals surface area (Å²) < 4.78 is 11.3. The average molecular weight is 395 g/mol. The third-order valence-electron chi connectivity index (χ3n) is 5.30. The van der Waals surface area contributed by atoms with Gasteiger partial charge >= 0.3 is 0 Å². The lowest BCUT2D eigenvalue weighted by Crippen LogP contribution is -2.39. The molecule has 1 aliphatic rings. The van der Waals surface area contributed by atoms with Crippen molar-refractivity contribution in [1.82, 2.24) is 4.90 Å². The van der Waals surface area contributed by atoms with Gasteiger partial charge in [-0.25, -0.2) is 0 Å². The predicted octanol–water partition coefficient (Wildman–Crippen LogP) is 3.75. The number of nitrogens with zero attached hydrogens (tertiary/aromatic N) is 1. The molecule has 0 unspecified atom stereocenters. The first-order valence-electron chi connectivity index (χ1n) is 10.4. The highest BCUT2D eigenvalue weighted by atomic mass is 28.3. The van der Waals surface area contributed by atoms with Crippen LogP contribution in [0, 0.1) is 0 Å². The Morgan fingerprint density at radius 1 is 1.04 bits per heavy atom. The van der Waals surface area contributed by atoms with Crippen molar-refractivity contribution in [2.45, 2.75) is 19.4 Å². The smallest absolute Gasteiger partial charge is 0.117 e. The minimum atomic E-state index is -0.701. The monoisotopic (exact) mass is 394 g/mol. The van der Waals surface area contributed by atoms with E-state index in [-0.39, 0.29) is 0 Å². The van der Waals surface area contributed by atoms with Gasteiger partial charge < -0.3 is 9.47 Å². The molecule has 3 nitrogen and oxygen atoms in total. The van der Waals surface area contributed by atoms with Gasteiger partial charge in [-0.2, -0.15) is 0 Å². The van der Waals surface area contributed by atoms with E-state index in [4.69, 9.17) is 9.47 Å². The van der Waals surface area contributed by atoms with E-state index in [0.717, 1.165) is 44.7 Å². The van der Waals surface area contributed by atoms with Crippen LogP contribution in [-0.2, 0) is 9.47 Å². The van der Waals surface area contributed by atoms with E-state index < -0.39 is 8.80 Å². The molecule has 4 heteroatoms. The van der Waals surface area contributed by atoms with Crippen molar-refractivity contribution in [2.24, 2.45) is 0 Å². The van der Waals surface area contributed by atoms with Crippen molar-refractivity contribution in [3.8, 4) is 0 Å². The van der Waals surface area contributed by atoms with Crippen molar-refractivity contribution in [3.63, 3.8) is 0 Å². The highest BCUT2D eigenvalue weighted by Gasteiger charge is 2.17. The summed E-state index contributed by atoms with van der Waals surface area (Å²) in [5, 5.41) is 1.46. The van der Waals surface area contributed by atoms with Crippen LogP contribution in [0.4, 0.5) is 0 Å². The van der Waals surface area contributed by atoms with Crippen molar-refractivity contribution >= 4 is 19.6 Å². The maximum atomic E-state index is 5.83. The Labute approximate surface area is 171 Å². The molecule has 0 atom stereocenters. The van der Waals surface area contributed by atoms with Gasteiger partial charge in [0.15, 0.2) is 0 Å². The van der Waals surface area contributed by atoms with Crippen molar-refractivity contribution < 1.29 is 9.47 Å². The molecule has 0 spiro atoms. The Morgan fingerprint density at radius 3 is 2.39 bits per heavy atom. The van der Waals surface area contributed by atoms with Crippen LogP contribution in [0.2, 0.25) is 6.04 Å². The van der Waals surface area contributed by atoms with E-state index >= 15 is 0 Å². The summed E-state index contributed by atoms with van der Waals surface area (Å²) in [5.74, 6) is 0. The van der Waals surface area contributed by atoms with Gasteiger partial charge in [0.1, 0.15) is 8.80 Å². The maximum Gasteiger partial charge on any atom is 0.117 e. The van der Waals surface area contributed by atoms with Gasteiger partial charge in [0, 0.05) is 25.9 Å². The fraction of sp³-hybridized carbons (Fsp3) is 0.417. The predicted molar refractivity (Wildman–Crippen MR) is 120 cm³/mol. The maximum absolute atomic E-state index is 5.83. The molecule has 1 heterocycles. The van der Waals surface area contributed by atoms with E-state index in [9.17, 15) is 0 Å². The van der Waals surface area contributed by atoms with Crippen molar-refractivity contribution in [2.75, 3.05) is 45.7 Å². The molecule has 0 aromatic heterocycles. The summed E-state index contributed by atoms with van der Waals surface area (Å²) in [7, 11) is -0.701. The summed E-state index contributed by atoms with van der Waals surface area (Å²) in [6, 6.07) is 20.7. The Bertz CT molecular complexity index is 711. The van der Waals surface area contributed by atoms with E-state index in [1.165, 1.54) is 35.3 Å². The highest BCUT2D eigenvalue weighted by Crippen LogP contribution is 2.20. The van der Waals surface area contributed by atoms with Crippen molar-refractivity contribution in [3.05, 3.63) is 72.3 Å². The lowest BCUT2D eigenvalue weighted by Gasteiger charge is -2.27. The first-order valence-corrected chi connectivity index (χ1v) is 12.3. The molecule has 0 saturated carbocycles. The third kappa shape index (κ3) is 6.14. The lowest BCUT2D eigenvalue weighted by molar-refractivity contribution is 0.0379. The Hall–Kier alpha value is -1.72. The zero-order valence-corrected chi connectivity index (χ0v) is 18.0. The van der Waals surface area contributed by atoms with E-state index in [1.54, 1.807) is 0 Å². The quantitative estimate of drug-likeness (QED) is 0.573. The zero-order chi connectivity index (χ0) is 19.6. The molecule has 1 fully saturated rings. The van der Waals surface area contributed by atoms with E-state index in [2.05, 4.69) is 66.9 Å². The lowest BCUT2D eigenvalue weighted by atomic mass is 10.00. The zero-order valence-electron chi connectivity index (χ0n) is 17.0. The van der Waals surface area contributed by atoms with Gasteiger partial charge in [-0.05, 0) is 36.6 Å². The Morgan fingerprint density at radius 2 is 1.71 bits per heavy atom. The van der Waals surface area contributed by atoms with Crippen LogP contribution in [0.3, 0.4) is 0 Å². The summed E-state index contributed by atoms with van der Waals surface area (Å²) in [6.07, 6.45) is 2.13. The normalized spacial score (nSPS) is 15.1. The molecule has 0 aliphatic carbocycles. The van der Waals surface area contributed by atoms with E-state index in [1.807, 2.05) is 6.07 Å². The molecular weight excluding hydrogens is 362 g/mol. The van der Waals surface area contributed by atoms with Gasteiger partial charge in [-0.15, -0.1) is 0 Å². The standard InChI is InChI=1S/C24H32NO2Si/c1-3-26-20-28(19-7-14-25-15-17-27-18-16-25)24-12-10-23(11-13-24)21(2)22-8-5-4-6-9-22/h4-6,8-13H,2-3,7,14-20H2,1H3. The molecule has 1 radical (unpaired) electrons. The Balaban J connectivity index is 1.60. The highest BCUT2D eigenvalue weighted by molar-refractivity contribution is 6.73. The summed E-state index contributed by atoms with van der Waals surface area (Å²) in [6.45, 7) is 12.2. The molecule has 0 amide bonds. The molecule has 0 bridgehead atoms. The molecule has 3 rings (SSSR count). The second kappa shape index (κ2) is 11.3. The Kier molecular flexibility index (Phi) is 8.49. The van der Waals surface area contributed by atoms with Crippen LogP contribution in [-0.4, -0.2) is 59.4 Å². The van der Waals surface area contributed by atoms with Crippen LogP contribution < -0.4 is 5.19 Å². The van der Waals surface area contributed by atoms with Crippen LogP contribution >= 0.6 is 0 Å². The summed E-state index contributed by atoms with van der Waals surface area (Å²) in [4.78, 5) is 2.52. The summed E-state index contributed by atoms with van der Waals surface area (Å²) in [5.41, 5.74) is 3.46. The number of hydrogen-bond donors (Lipinski definition) is 0. The second-order valence-electron chi connectivity index (χ2n) is 7.22. The fourth-order valence-electron chi connectivity index (χ4n) is 3.58. The second-order valence-corrected chi connectivity index (χ2v) is 9.79. The number of ether oxygens (including phenoxy) is 2. The van der Waals surface area contributed by atoms with Crippen LogP contribution in [0.25, 0.3) is 5.57 Å². The third-order valence-corrected chi connectivity index (χ3v) is 7.96. The molecule has 149 valence electrons. The van der Waals surface area contributed by atoms with Gasteiger partial charge in [-0.3, -0.25) is 4.90 Å². The fourth-order valence-corrected chi connectivity index (χ4v) is 5.85. The summed E-state index contributed by atoms with van der Waals surface area (Å²) >= 11 is 0. The number of hydrogen-bond acceptors (Lipinski definition) is 3. The van der Waals surface area contributed by atoms with Gasteiger partial charge in [0.05, 0.1) is 13.2 Å². The molecular formula is C24H32NO2Si. The minimum Gasteiger partial charge on any atom is -0.385 e. The van der Waals surface area contributed by atoms with Crippen LogP contribution in [0.15, 0.2) is 61.2 Å². The van der Waals surface area contributed by atoms with Gasteiger partial charge in [-0.1, -0.05) is 72.4 Å². The average Bonchev–Trinajstić information content (AvgIpc) is 2.77. The van der Waals surface area contributed by atoms with Crippen LogP contribution in [0.1, 0.15) is 24.5 Å². The van der Waals surface area contributed by atoms with Gasteiger partial charge in [0.25, 0.3) is 0 Å². The first kappa shape index (κ1) is 21.0. The molecule has 1 aliphatic heterocycles. The minimum absolute atomic E-state index is 0.701. The largest absolute Gasteiger partial charge is 0.385 e. The topological polar surface area (TPSA) is 21.7 Å². The molecule has 0 N–H and O–H groups in total. The van der Waals surface area contributed by atoms with E-state index in [0.29, 0.717) is 0 Å². The number of morpholine rings is 1. The SMILES string of the molecule is C=C(c1ccccc1)c1ccc([Si](CCCN2CCOCC2)COCC)cc1. The van der Waals surface area contributed by atoms with Crippen LogP contribution in [0.5, 0.6) is 0 Å². The number of benzene rings is 2. The van der Waals surface area contributed by atoms with Crippen molar-refractivity contribution in [1.29, 1.82) is 0 Å². The molecule has 2 aromatic carbocycles.